The number of carbonyl (C=O) groups excluding carboxylic acids is 2. The number of benzene rings is 2. The molecule has 0 spiro atoms. The Bertz CT molecular complexity index is 873. The van der Waals surface area contributed by atoms with Gasteiger partial charge in [0.1, 0.15) is 11.1 Å². The van der Waals surface area contributed by atoms with Crippen LogP contribution in [0, 0.1) is 5.82 Å². The number of amides is 2. The van der Waals surface area contributed by atoms with Gasteiger partial charge in [-0.3, -0.25) is 14.6 Å². The molecule has 1 N–H and O–H groups in total. The summed E-state index contributed by atoms with van der Waals surface area (Å²) in [5, 5.41) is 3.50. The van der Waals surface area contributed by atoms with Crippen LogP contribution in [-0.4, -0.2) is 29.3 Å². The lowest BCUT2D eigenvalue weighted by atomic mass is 10.3. The first-order valence-electron chi connectivity index (χ1n) is 7.77. The van der Waals surface area contributed by atoms with E-state index in [-0.39, 0.29) is 12.1 Å². The summed E-state index contributed by atoms with van der Waals surface area (Å²) in [4.78, 5) is 29.9. The van der Waals surface area contributed by atoms with Crippen molar-refractivity contribution < 1.29 is 14.0 Å². The summed E-state index contributed by atoms with van der Waals surface area (Å²) in [7, 11) is 1.58. The summed E-state index contributed by atoms with van der Waals surface area (Å²) in [5.74, 6) is -1.49. The number of hydrogen-bond donors (Lipinski definition) is 1. The molecule has 0 saturated carbocycles. The zero-order valence-electron chi connectivity index (χ0n) is 13.8. The molecule has 134 valence electrons. The van der Waals surface area contributed by atoms with Crippen LogP contribution in [0.1, 0.15) is 6.42 Å². The van der Waals surface area contributed by atoms with Gasteiger partial charge in [-0.1, -0.05) is 35.5 Å². The minimum absolute atomic E-state index is 0.0147. The molecule has 0 aliphatic carbocycles. The molecule has 8 heteroatoms. The lowest BCUT2D eigenvalue weighted by Gasteiger charge is -2.16. The smallest absolute Gasteiger partial charge is 0.247 e. The highest BCUT2D eigenvalue weighted by Crippen LogP contribution is 2.32. The molecule has 1 saturated heterocycles. The fourth-order valence-corrected chi connectivity index (χ4v) is 3.62. The maximum atomic E-state index is 14.0. The number of nitrogens with zero attached hydrogens (tertiary/aromatic N) is 2. The Morgan fingerprint density at radius 3 is 2.58 bits per heavy atom. The van der Waals surface area contributed by atoms with Crippen molar-refractivity contribution in [2.75, 3.05) is 17.3 Å². The number of thioether (sulfide) groups is 1. The van der Waals surface area contributed by atoms with Crippen LogP contribution >= 0.6 is 23.4 Å². The van der Waals surface area contributed by atoms with Crippen molar-refractivity contribution in [1.29, 1.82) is 0 Å². The number of rotatable bonds is 3. The number of nitrogens with one attached hydrogen (secondary N) is 1. The highest BCUT2D eigenvalue weighted by Gasteiger charge is 2.41. The summed E-state index contributed by atoms with van der Waals surface area (Å²) in [6, 6.07) is 12.7. The lowest BCUT2D eigenvalue weighted by Crippen LogP contribution is -2.32. The van der Waals surface area contributed by atoms with Crippen molar-refractivity contribution in [2.45, 2.75) is 11.7 Å². The maximum Gasteiger partial charge on any atom is 0.247 e. The first-order chi connectivity index (χ1) is 12.5. The summed E-state index contributed by atoms with van der Waals surface area (Å²) < 4.78 is 14.0. The van der Waals surface area contributed by atoms with Gasteiger partial charge in [0.05, 0.1) is 5.69 Å². The third-order valence-corrected chi connectivity index (χ3v) is 5.16. The highest BCUT2D eigenvalue weighted by molar-refractivity contribution is 8.15. The number of anilines is 2. The summed E-state index contributed by atoms with van der Waals surface area (Å²) >= 11 is 7.00. The van der Waals surface area contributed by atoms with Gasteiger partial charge in [0, 0.05) is 24.2 Å². The largest absolute Gasteiger partial charge is 0.335 e. The van der Waals surface area contributed by atoms with Gasteiger partial charge >= 0.3 is 0 Å². The van der Waals surface area contributed by atoms with E-state index in [4.69, 9.17) is 11.6 Å². The third-order valence-electron chi connectivity index (χ3n) is 3.75. The molecule has 1 fully saturated rings. The Hall–Kier alpha value is -2.38. The van der Waals surface area contributed by atoms with Gasteiger partial charge in [-0.05, 0) is 36.4 Å². The van der Waals surface area contributed by atoms with Gasteiger partial charge in [0.25, 0.3) is 0 Å². The molecule has 2 amide bonds. The van der Waals surface area contributed by atoms with Crippen LogP contribution in [0.15, 0.2) is 53.5 Å². The van der Waals surface area contributed by atoms with Gasteiger partial charge < -0.3 is 5.32 Å². The van der Waals surface area contributed by atoms with Gasteiger partial charge in [-0.25, -0.2) is 9.29 Å². The number of hydrogen-bond acceptors (Lipinski definition) is 4. The average molecular weight is 392 g/mol. The topological polar surface area (TPSA) is 61.8 Å². The van der Waals surface area contributed by atoms with E-state index in [9.17, 15) is 14.0 Å². The number of aliphatic imine (C=N–C) groups is 1. The second-order valence-corrected chi connectivity index (χ2v) is 7.12. The van der Waals surface area contributed by atoms with Crippen LogP contribution in [0.3, 0.4) is 0 Å². The molecule has 5 nitrogen and oxygen atoms in total. The van der Waals surface area contributed by atoms with E-state index in [1.165, 1.54) is 18.2 Å². The lowest BCUT2D eigenvalue weighted by molar-refractivity contribution is -0.121. The molecular formula is C18H15ClFN3O2S. The SMILES string of the molecule is CN=C(Nc1ccc(Cl)cc1)S[C@H]1CC(=O)N(c2ccccc2F)C1=O. The Balaban J connectivity index is 1.73. The monoisotopic (exact) mass is 391 g/mol. The van der Waals surface area contributed by atoms with E-state index in [2.05, 4.69) is 10.3 Å². The van der Waals surface area contributed by atoms with Crippen LogP contribution in [-0.2, 0) is 9.59 Å². The summed E-state index contributed by atoms with van der Waals surface area (Å²) in [6.07, 6.45) is -0.0147. The molecule has 26 heavy (non-hydrogen) atoms. The fraction of sp³-hybridized carbons (Fsp3) is 0.167. The minimum Gasteiger partial charge on any atom is -0.335 e. The number of para-hydroxylation sites is 1. The fourth-order valence-electron chi connectivity index (χ4n) is 2.51. The van der Waals surface area contributed by atoms with Crippen molar-refractivity contribution >= 4 is 51.7 Å². The van der Waals surface area contributed by atoms with Crippen molar-refractivity contribution in [3.8, 4) is 0 Å². The number of carbonyl (C=O) groups is 2. The number of halogens is 2. The first-order valence-corrected chi connectivity index (χ1v) is 9.02. The molecule has 3 rings (SSSR count). The zero-order chi connectivity index (χ0) is 18.7. The Morgan fingerprint density at radius 1 is 1.23 bits per heavy atom. The van der Waals surface area contributed by atoms with Crippen LogP contribution in [0.4, 0.5) is 15.8 Å². The van der Waals surface area contributed by atoms with Gasteiger partial charge in [-0.2, -0.15) is 0 Å². The zero-order valence-corrected chi connectivity index (χ0v) is 15.4. The second kappa shape index (κ2) is 7.88. The molecular weight excluding hydrogens is 377 g/mol. The van der Waals surface area contributed by atoms with Gasteiger partial charge in [0.2, 0.25) is 11.8 Å². The summed E-state index contributed by atoms with van der Waals surface area (Å²) in [6.45, 7) is 0. The molecule has 0 unspecified atom stereocenters. The molecule has 1 aliphatic heterocycles. The van der Waals surface area contributed by atoms with Crippen molar-refractivity contribution in [3.63, 3.8) is 0 Å². The van der Waals surface area contributed by atoms with Crippen LogP contribution in [0.25, 0.3) is 0 Å². The number of imide groups is 1. The van der Waals surface area contributed by atoms with Crippen molar-refractivity contribution in [3.05, 3.63) is 59.4 Å². The van der Waals surface area contributed by atoms with E-state index < -0.39 is 22.9 Å². The maximum absolute atomic E-state index is 14.0. The predicted octanol–water partition coefficient (Wildman–Crippen LogP) is 3.94. The average Bonchev–Trinajstić information content (AvgIpc) is 2.90. The molecule has 2 aromatic rings. The molecule has 0 bridgehead atoms. The highest BCUT2D eigenvalue weighted by atomic mass is 35.5. The Morgan fingerprint density at radius 2 is 1.92 bits per heavy atom. The molecule has 0 radical (unpaired) electrons. The summed E-state index contributed by atoms with van der Waals surface area (Å²) in [5.41, 5.74) is 0.733. The molecule has 0 aromatic heterocycles. The van der Waals surface area contributed by atoms with Gasteiger partial charge in [-0.15, -0.1) is 0 Å². The quantitative estimate of drug-likeness (QED) is 0.489. The van der Waals surface area contributed by atoms with Crippen molar-refractivity contribution in [1.82, 2.24) is 0 Å². The molecule has 1 aliphatic rings. The Kier molecular flexibility index (Phi) is 5.58. The van der Waals surface area contributed by atoms with Crippen LogP contribution in [0.2, 0.25) is 5.02 Å². The van der Waals surface area contributed by atoms with E-state index in [0.29, 0.717) is 10.2 Å². The normalized spacial score (nSPS) is 17.7. The predicted molar refractivity (Wildman–Crippen MR) is 103 cm³/mol. The van der Waals surface area contributed by atoms with Gasteiger partial charge in [0.15, 0.2) is 5.17 Å². The Labute approximate surface area is 159 Å². The first kappa shape index (κ1) is 18.4. The molecule has 2 aromatic carbocycles. The minimum atomic E-state index is -0.666. The standard InChI is InChI=1S/C18H15ClFN3O2S/c1-21-18(22-12-8-6-11(19)7-9-12)26-15-10-16(24)23(17(15)25)14-5-3-2-4-13(14)20/h2-9,15H,10H2,1H3,(H,21,22)/t15-/m0/s1. The molecule has 1 atom stereocenters. The van der Waals surface area contributed by atoms with E-state index >= 15 is 0 Å². The third kappa shape index (κ3) is 3.89. The van der Waals surface area contributed by atoms with E-state index in [0.717, 1.165) is 22.3 Å². The van der Waals surface area contributed by atoms with Crippen molar-refractivity contribution in [2.24, 2.45) is 4.99 Å². The molecule has 1 heterocycles. The number of amidine groups is 1. The van der Waals surface area contributed by atoms with E-state index in [1.54, 1.807) is 37.4 Å². The van der Waals surface area contributed by atoms with E-state index in [1.807, 2.05) is 0 Å². The van der Waals surface area contributed by atoms with Crippen LogP contribution < -0.4 is 10.2 Å². The second-order valence-electron chi connectivity index (χ2n) is 5.49. The van der Waals surface area contributed by atoms with Crippen LogP contribution in [0.5, 0.6) is 0 Å².